The van der Waals surface area contributed by atoms with Gasteiger partial charge in [0.15, 0.2) is 0 Å². The number of rotatable bonds is 2. The van der Waals surface area contributed by atoms with E-state index in [0.29, 0.717) is 17.2 Å². The van der Waals surface area contributed by atoms with Crippen molar-refractivity contribution in [2.24, 2.45) is 0 Å². The first kappa shape index (κ1) is 36.0. The Balaban J connectivity index is 0.000000345. The molecule has 1 aromatic carbocycles. The number of hydrogen-bond acceptors (Lipinski definition) is 6. The summed E-state index contributed by atoms with van der Waals surface area (Å²) in [6, 6.07) is 4.28. The van der Waals surface area contributed by atoms with Gasteiger partial charge in [-0.05, 0) is 22.2 Å². The summed E-state index contributed by atoms with van der Waals surface area (Å²) in [7, 11) is -3.09. The Morgan fingerprint density at radius 1 is 0.905 bits per heavy atom. The molecule has 0 atom stereocenters. The second-order valence-corrected chi connectivity index (χ2v) is 9.63. The summed E-state index contributed by atoms with van der Waals surface area (Å²) in [5.41, 5.74) is 1.29. The van der Waals surface area contributed by atoms with Crippen LogP contribution in [0.15, 0.2) is 18.3 Å². The molecule has 0 bridgehead atoms. The molecule has 0 fully saturated rings. The number of ether oxygens (including phenoxy) is 1. The number of aromatic nitrogens is 4. The van der Waals surface area contributed by atoms with E-state index in [2.05, 4.69) is 20.0 Å². The van der Waals surface area contributed by atoms with Crippen LogP contribution < -0.4 is 9.57 Å². The molecule has 0 saturated heterocycles. The van der Waals surface area contributed by atoms with E-state index in [1.54, 1.807) is 6.20 Å². The zero-order chi connectivity index (χ0) is 33.1. The molecule has 42 heavy (non-hydrogen) atoms. The maximum Gasteiger partial charge on any atom is 0.491 e. The molecule has 0 amide bonds. The standard InChI is InChI=1S/C10H15N6O.C8F8O2.F6P/c1-14(2)10(15(3)4)17-16-9-8(12-13-16)6-5-7-11-9;9-1-2(10)4(12)6(5(13)3(1)11)18-7(17)8(14,15)16;1-7(2,3,4,5)6/h5-7H,1-4H3;;/q+1;;-1. The summed E-state index contributed by atoms with van der Waals surface area (Å²) in [4.78, 5) is 23.2. The van der Waals surface area contributed by atoms with Gasteiger partial charge in [0.25, 0.3) is 0 Å². The van der Waals surface area contributed by atoms with E-state index in [1.165, 1.54) is 4.85 Å². The van der Waals surface area contributed by atoms with Crippen molar-refractivity contribution in [2.45, 2.75) is 6.18 Å². The molecule has 9 nitrogen and oxygen atoms in total. The van der Waals surface area contributed by atoms with Crippen LogP contribution in [0.5, 0.6) is 5.75 Å². The smallest absolute Gasteiger partial charge is 0.413 e. The van der Waals surface area contributed by atoms with Gasteiger partial charge in [0.2, 0.25) is 40.5 Å². The van der Waals surface area contributed by atoms with Crippen LogP contribution in [-0.2, 0) is 4.79 Å². The molecular formula is C18H15F14N6O3P. The summed E-state index contributed by atoms with van der Waals surface area (Å²) in [6.45, 7) is 0. The monoisotopic (exact) mass is 660 g/mol. The molecule has 0 spiro atoms. The van der Waals surface area contributed by atoms with Crippen LogP contribution in [0.2, 0.25) is 0 Å². The zero-order valence-corrected chi connectivity index (χ0v) is 21.8. The number of esters is 1. The average Bonchev–Trinajstić information content (AvgIpc) is 3.23. The van der Waals surface area contributed by atoms with Gasteiger partial charge in [0.05, 0.1) is 28.2 Å². The van der Waals surface area contributed by atoms with Crippen molar-refractivity contribution in [1.29, 1.82) is 0 Å². The Labute approximate surface area is 223 Å². The molecule has 0 saturated carbocycles. The fourth-order valence-corrected chi connectivity index (χ4v) is 2.27. The van der Waals surface area contributed by atoms with Gasteiger partial charge in [-0.1, -0.05) is 0 Å². The number of alkyl halides is 3. The Hall–Kier alpha value is -4.04. The Kier molecular flexibility index (Phi) is 10.0. The van der Waals surface area contributed by atoms with Gasteiger partial charge in [-0.25, -0.2) is 32.4 Å². The number of hydrogen-bond donors (Lipinski definition) is 0. The Morgan fingerprint density at radius 3 is 1.76 bits per heavy atom. The van der Waals surface area contributed by atoms with Crippen LogP contribution in [0.25, 0.3) is 11.2 Å². The number of fused-ring (bicyclic) bond motifs is 1. The minimum Gasteiger partial charge on any atom is -0.413 e. The van der Waals surface area contributed by atoms with E-state index in [4.69, 9.17) is 4.84 Å². The van der Waals surface area contributed by atoms with Crippen LogP contribution in [0.4, 0.5) is 60.3 Å². The van der Waals surface area contributed by atoms with Crippen molar-refractivity contribution in [1.82, 2.24) is 25.0 Å². The molecule has 0 unspecified atom stereocenters. The van der Waals surface area contributed by atoms with Crippen LogP contribution >= 0.6 is 7.81 Å². The van der Waals surface area contributed by atoms with Crippen molar-refractivity contribution in [3.8, 4) is 5.75 Å². The third kappa shape index (κ3) is 11.4. The van der Waals surface area contributed by atoms with E-state index in [1.807, 2.05) is 49.8 Å². The first-order chi connectivity index (χ1) is 18.6. The number of nitrogens with zero attached hydrogens (tertiary/aromatic N) is 6. The summed E-state index contributed by atoms with van der Waals surface area (Å²) >= 11 is 0. The Morgan fingerprint density at radius 2 is 1.36 bits per heavy atom. The quantitative estimate of drug-likeness (QED) is 0.0403. The second kappa shape index (κ2) is 11.7. The van der Waals surface area contributed by atoms with E-state index < -0.39 is 54.8 Å². The van der Waals surface area contributed by atoms with Crippen LogP contribution in [-0.4, -0.2) is 76.0 Å². The predicted molar refractivity (Wildman–Crippen MR) is 114 cm³/mol. The molecule has 3 rings (SSSR count). The molecule has 0 aliphatic carbocycles. The molecule has 0 aliphatic heterocycles. The number of carbonyl (C=O) groups excluding carboxylic acids is 1. The normalized spacial score (nSPS) is 13.0. The molecule has 238 valence electrons. The number of carbonyl (C=O) groups is 1. The second-order valence-electron chi connectivity index (χ2n) is 7.72. The third-order valence-corrected chi connectivity index (χ3v) is 3.71. The molecule has 0 aliphatic rings. The van der Waals surface area contributed by atoms with Gasteiger partial charge < -0.3 is 4.74 Å². The minimum absolute atomic E-state index is 0.591. The van der Waals surface area contributed by atoms with E-state index in [0.717, 1.165) is 0 Å². The van der Waals surface area contributed by atoms with E-state index in [-0.39, 0.29) is 0 Å². The summed E-state index contributed by atoms with van der Waals surface area (Å²) < 4.78 is 162. The predicted octanol–water partition coefficient (Wildman–Crippen LogP) is 5.68. The van der Waals surface area contributed by atoms with Gasteiger partial charge in [0, 0.05) is 6.20 Å². The van der Waals surface area contributed by atoms with E-state index in [9.17, 15) is 65.1 Å². The maximum absolute atomic E-state index is 12.8. The molecular weight excluding hydrogens is 645 g/mol. The number of pyridine rings is 1. The summed E-state index contributed by atoms with van der Waals surface area (Å²) in [6.07, 6.45) is -3.98. The third-order valence-electron chi connectivity index (χ3n) is 3.71. The number of halogens is 14. The van der Waals surface area contributed by atoms with E-state index >= 15 is 0 Å². The van der Waals surface area contributed by atoms with Gasteiger partial charge in [-0.2, -0.15) is 22.0 Å². The first-order valence-corrected chi connectivity index (χ1v) is 12.1. The average molecular weight is 660 g/mol. The van der Waals surface area contributed by atoms with Gasteiger partial charge in [0.1, 0.15) is 5.52 Å². The summed E-state index contributed by atoms with van der Waals surface area (Å²) in [5, 5.41) is 7.87. The molecule has 2 heterocycles. The van der Waals surface area contributed by atoms with Crippen molar-refractivity contribution in [2.75, 3.05) is 28.2 Å². The summed E-state index contributed by atoms with van der Waals surface area (Å²) in [5.74, 6) is -18.4. The topological polar surface area (TPSA) is 85.4 Å². The maximum atomic E-state index is 12.8. The van der Waals surface area contributed by atoms with Gasteiger partial charge >= 0.3 is 51.2 Å². The first-order valence-electron chi connectivity index (χ1n) is 10.0. The molecule has 0 N–H and O–H groups in total. The van der Waals surface area contributed by atoms with Gasteiger partial charge in [-0.3, -0.25) is 4.84 Å². The number of benzene rings is 1. The van der Waals surface area contributed by atoms with Crippen molar-refractivity contribution in [3.63, 3.8) is 0 Å². The van der Waals surface area contributed by atoms with Crippen LogP contribution in [0.3, 0.4) is 0 Å². The zero-order valence-electron chi connectivity index (χ0n) is 20.9. The molecule has 3 aromatic rings. The van der Waals surface area contributed by atoms with Crippen molar-refractivity contribution in [3.05, 3.63) is 47.4 Å². The largest absolute Gasteiger partial charge is 0.491 e. The minimum atomic E-state index is -10.7. The number of amidine groups is 1. The molecule has 0 radical (unpaired) electrons. The SMILES string of the molecule is CN(C)C(On1nnc2cccnc21)=[N+](C)C.F[P-](F)(F)(F)(F)F.O=C(Oc1c(F)c(F)c(F)c(F)c1F)C(F)(F)F. The molecule has 2 aromatic heterocycles. The Bertz CT molecular complexity index is 1450. The van der Waals surface area contributed by atoms with Gasteiger partial charge in [-0.15, -0.1) is 5.10 Å². The fraction of sp³-hybridized carbons (Fsp3) is 0.278. The van der Waals surface area contributed by atoms with Crippen molar-refractivity contribution < 1.29 is 79.2 Å². The van der Waals surface area contributed by atoms with Crippen LogP contribution in [0, 0.1) is 29.1 Å². The fourth-order valence-electron chi connectivity index (χ4n) is 2.27. The van der Waals surface area contributed by atoms with Crippen molar-refractivity contribution >= 4 is 31.0 Å². The molecule has 24 heteroatoms. The van der Waals surface area contributed by atoms with Crippen LogP contribution in [0.1, 0.15) is 0 Å².